The van der Waals surface area contributed by atoms with Gasteiger partial charge in [-0.25, -0.2) is 9.97 Å². The van der Waals surface area contributed by atoms with E-state index in [2.05, 4.69) is 21.8 Å². The highest BCUT2D eigenvalue weighted by molar-refractivity contribution is 5.38. The molecule has 2 unspecified atom stereocenters. The van der Waals surface area contributed by atoms with Gasteiger partial charge in [0.25, 0.3) is 0 Å². The molecule has 0 saturated carbocycles. The van der Waals surface area contributed by atoms with Crippen molar-refractivity contribution in [3.63, 3.8) is 0 Å². The zero-order valence-corrected chi connectivity index (χ0v) is 8.43. The van der Waals surface area contributed by atoms with Crippen LogP contribution in [0.25, 0.3) is 0 Å². The Hall–Kier alpha value is -1.16. The quantitative estimate of drug-likeness (QED) is 0.715. The van der Waals surface area contributed by atoms with Crippen molar-refractivity contribution in [3.05, 3.63) is 18.6 Å². The molecule has 1 fully saturated rings. The Kier molecular flexibility index (Phi) is 2.63. The van der Waals surface area contributed by atoms with E-state index in [4.69, 9.17) is 5.73 Å². The van der Waals surface area contributed by atoms with Crippen molar-refractivity contribution in [2.24, 2.45) is 5.73 Å². The molecule has 0 aliphatic carbocycles. The van der Waals surface area contributed by atoms with E-state index in [0.29, 0.717) is 12.1 Å². The molecule has 0 spiro atoms. The largest absolute Gasteiger partial charge is 0.354 e. The summed E-state index contributed by atoms with van der Waals surface area (Å²) in [5.74, 6) is 1.01. The molecule has 1 aromatic rings. The molecular formula is C10H16N4. The Balaban J connectivity index is 2.12. The molecule has 1 saturated heterocycles. The van der Waals surface area contributed by atoms with E-state index in [1.54, 1.807) is 12.5 Å². The molecule has 2 atom stereocenters. The number of anilines is 1. The number of rotatable bonds is 1. The summed E-state index contributed by atoms with van der Waals surface area (Å²) >= 11 is 0. The van der Waals surface area contributed by atoms with E-state index >= 15 is 0 Å². The molecule has 2 heterocycles. The zero-order valence-electron chi connectivity index (χ0n) is 8.43. The van der Waals surface area contributed by atoms with Crippen LogP contribution in [0.3, 0.4) is 0 Å². The molecule has 4 heteroatoms. The first kappa shape index (κ1) is 9.40. The topological polar surface area (TPSA) is 55.0 Å². The Bertz CT molecular complexity index is 287. The third-order valence-electron chi connectivity index (χ3n) is 2.78. The normalized spacial score (nSPS) is 27.7. The fourth-order valence-corrected chi connectivity index (χ4v) is 2.00. The fourth-order valence-electron chi connectivity index (χ4n) is 2.00. The molecule has 0 amide bonds. The van der Waals surface area contributed by atoms with Gasteiger partial charge < -0.3 is 10.6 Å². The van der Waals surface area contributed by atoms with Crippen LogP contribution in [0, 0.1) is 0 Å². The average Bonchev–Trinajstić information content (AvgIpc) is 2.19. The van der Waals surface area contributed by atoms with Crippen LogP contribution in [0.15, 0.2) is 18.6 Å². The number of hydrogen-bond acceptors (Lipinski definition) is 4. The van der Waals surface area contributed by atoms with Gasteiger partial charge in [-0.05, 0) is 25.8 Å². The predicted molar refractivity (Wildman–Crippen MR) is 56.0 cm³/mol. The molecule has 4 nitrogen and oxygen atoms in total. The molecule has 1 aliphatic rings. The Morgan fingerprint density at radius 2 is 2.43 bits per heavy atom. The van der Waals surface area contributed by atoms with E-state index in [0.717, 1.165) is 25.2 Å². The summed E-state index contributed by atoms with van der Waals surface area (Å²) in [4.78, 5) is 10.5. The Morgan fingerprint density at radius 3 is 3.07 bits per heavy atom. The van der Waals surface area contributed by atoms with Crippen molar-refractivity contribution in [1.29, 1.82) is 0 Å². The molecule has 14 heavy (non-hydrogen) atoms. The Morgan fingerprint density at radius 1 is 1.57 bits per heavy atom. The van der Waals surface area contributed by atoms with Crippen LogP contribution in [0.2, 0.25) is 0 Å². The lowest BCUT2D eigenvalue weighted by molar-refractivity contribution is 0.427. The lowest BCUT2D eigenvalue weighted by Crippen LogP contribution is -2.45. The number of aromatic nitrogens is 2. The summed E-state index contributed by atoms with van der Waals surface area (Å²) in [7, 11) is 0. The Labute approximate surface area is 84.2 Å². The summed E-state index contributed by atoms with van der Waals surface area (Å²) in [5, 5.41) is 0. The van der Waals surface area contributed by atoms with Crippen LogP contribution >= 0.6 is 0 Å². The van der Waals surface area contributed by atoms with Gasteiger partial charge in [-0.1, -0.05) is 0 Å². The monoisotopic (exact) mass is 192 g/mol. The lowest BCUT2D eigenvalue weighted by Gasteiger charge is -2.37. The van der Waals surface area contributed by atoms with Gasteiger partial charge in [0.05, 0.1) is 0 Å². The van der Waals surface area contributed by atoms with Crippen molar-refractivity contribution < 1.29 is 0 Å². The molecule has 0 bridgehead atoms. The van der Waals surface area contributed by atoms with Gasteiger partial charge in [0.2, 0.25) is 0 Å². The van der Waals surface area contributed by atoms with E-state index in [-0.39, 0.29) is 0 Å². The first-order valence-electron chi connectivity index (χ1n) is 5.05. The third kappa shape index (κ3) is 1.85. The summed E-state index contributed by atoms with van der Waals surface area (Å²) in [6.07, 6.45) is 5.47. The lowest BCUT2D eigenvalue weighted by atomic mass is 9.99. The zero-order chi connectivity index (χ0) is 9.97. The second-order valence-corrected chi connectivity index (χ2v) is 3.89. The summed E-state index contributed by atoms with van der Waals surface area (Å²) < 4.78 is 0. The maximum absolute atomic E-state index is 5.91. The van der Waals surface area contributed by atoms with Crippen LogP contribution in [0.4, 0.5) is 5.82 Å². The van der Waals surface area contributed by atoms with Crippen molar-refractivity contribution in [3.8, 4) is 0 Å². The predicted octanol–water partition coefficient (Wildman–Crippen LogP) is 0.793. The molecule has 2 N–H and O–H groups in total. The highest BCUT2D eigenvalue weighted by Crippen LogP contribution is 2.21. The average molecular weight is 192 g/mol. The number of hydrogen-bond donors (Lipinski definition) is 1. The van der Waals surface area contributed by atoms with E-state index in [1.807, 2.05) is 6.07 Å². The minimum atomic E-state index is 0.350. The van der Waals surface area contributed by atoms with Crippen molar-refractivity contribution in [1.82, 2.24) is 9.97 Å². The van der Waals surface area contributed by atoms with Crippen molar-refractivity contribution in [2.45, 2.75) is 31.8 Å². The molecule has 1 aromatic heterocycles. The van der Waals surface area contributed by atoms with Gasteiger partial charge in [0.1, 0.15) is 12.1 Å². The molecule has 2 rings (SSSR count). The maximum Gasteiger partial charge on any atom is 0.132 e. The number of nitrogens with zero attached hydrogens (tertiary/aromatic N) is 3. The molecule has 0 aromatic carbocycles. The SMILES string of the molecule is CC1CC(N)CCN1c1ccncn1. The summed E-state index contributed by atoms with van der Waals surface area (Å²) in [6, 6.07) is 2.78. The second kappa shape index (κ2) is 3.92. The van der Waals surface area contributed by atoms with Gasteiger partial charge in [0.15, 0.2) is 0 Å². The minimum Gasteiger partial charge on any atom is -0.354 e. The van der Waals surface area contributed by atoms with Crippen molar-refractivity contribution in [2.75, 3.05) is 11.4 Å². The summed E-state index contributed by atoms with van der Waals surface area (Å²) in [5.41, 5.74) is 5.91. The maximum atomic E-state index is 5.91. The van der Waals surface area contributed by atoms with Crippen LogP contribution < -0.4 is 10.6 Å². The number of piperidine rings is 1. The smallest absolute Gasteiger partial charge is 0.132 e. The molecule has 76 valence electrons. The van der Waals surface area contributed by atoms with E-state index in [1.165, 1.54) is 0 Å². The van der Waals surface area contributed by atoms with Crippen LogP contribution in [-0.4, -0.2) is 28.6 Å². The molecule has 1 aliphatic heterocycles. The molecular weight excluding hydrogens is 176 g/mol. The minimum absolute atomic E-state index is 0.350. The first-order chi connectivity index (χ1) is 6.77. The van der Waals surface area contributed by atoms with E-state index < -0.39 is 0 Å². The first-order valence-corrected chi connectivity index (χ1v) is 5.05. The van der Waals surface area contributed by atoms with Gasteiger partial charge in [0, 0.05) is 24.8 Å². The van der Waals surface area contributed by atoms with Crippen molar-refractivity contribution >= 4 is 5.82 Å². The highest BCUT2D eigenvalue weighted by Gasteiger charge is 2.23. The second-order valence-electron chi connectivity index (χ2n) is 3.89. The van der Waals surface area contributed by atoms with Crippen LogP contribution in [-0.2, 0) is 0 Å². The third-order valence-corrected chi connectivity index (χ3v) is 2.78. The van der Waals surface area contributed by atoms with Gasteiger partial charge in [-0.3, -0.25) is 0 Å². The van der Waals surface area contributed by atoms with Gasteiger partial charge in [-0.2, -0.15) is 0 Å². The van der Waals surface area contributed by atoms with Crippen LogP contribution in [0.5, 0.6) is 0 Å². The standard InChI is InChI=1S/C10H16N4/c1-8-6-9(11)3-5-14(8)10-2-4-12-7-13-10/h2,4,7-9H,3,5-6,11H2,1H3. The van der Waals surface area contributed by atoms with Gasteiger partial charge in [-0.15, -0.1) is 0 Å². The highest BCUT2D eigenvalue weighted by atomic mass is 15.2. The van der Waals surface area contributed by atoms with E-state index in [9.17, 15) is 0 Å². The van der Waals surface area contributed by atoms with Gasteiger partial charge >= 0.3 is 0 Å². The molecule has 0 radical (unpaired) electrons. The van der Waals surface area contributed by atoms with Crippen LogP contribution in [0.1, 0.15) is 19.8 Å². The number of nitrogens with two attached hydrogens (primary N) is 1. The fraction of sp³-hybridized carbons (Fsp3) is 0.600. The summed E-state index contributed by atoms with van der Waals surface area (Å²) in [6.45, 7) is 3.19.